The van der Waals surface area contributed by atoms with Gasteiger partial charge in [-0.3, -0.25) is 9.59 Å². The molecular weight excluding hydrogens is 1140 g/mol. The van der Waals surface area contributed by atoms with Crippen molar-refractivity contribution >= 4 is 17.9 Å². The molecule has 2 atom stereocenters. The number of aliphatic carboxylic acids is 1. The van der Waals surface area contributed by atoms with Gasteiger partial charge in [0.15, 0.2) is 12.4 Å². The highest BCUT2D eigenvalue weighted by Crippen LogP contribution is 2.19. The van der Waals surface area contributed by atoms with Crippen molar-refractivity contribution in [2.24, 2.45) is 0 Å². The summed E-state index contributed by atoms with van der Waals surface area (Å²) >= 11 is 0. The Kier molecular flexibility index (Phi) is 70.0. The SMILES string of the molecule is CC/C=C\C/C=C\C/C=C\C/C=C\C/C=C\C/C=C\C/C=C\C/C=C\CCCCCCCCCCCCC(=O)OC(COC(=O)CCCCCCCCCCCCCCCCCCCCCCCCCCCCCCCCCC)COC(OCC[N+](C)(C)C)C(=O)[O-]. The van der Waals surface area contributed by atoms with Crippen molar-refractivity contribution < 1.29 is 42.9 Å². The zero-order chi connectivity index (χ0) is 66.8. The Bertz CT molecular complexity index is 1840. The Balaban J connectivity index is 4.07. The Labute approximate surface area is 569 Å². The molecule has 532 valence electrons. The van der Waals surface area contributed by atoms with E-state index >= 15 is 0 Å². The summed E-state index contributed by atoms with van der Waals surface area (Å²) in [7, 11) is 5.94. The van der Waals surface area contributed by atoms with E-state index in [1.807, 2.05) is 21.1 Å². The molecule has 0 aromatic carbocycles. The van der Waals surface area contributed by atoms with E-state index in [2.05, 4.69) is 111 Å². The summed E-state index contributed by atoms with van der Waals surface area (Å²) in [6.07, 6.45) is 98.0. The van der Waals surface area contributed by atoms with Crippen LogP contribution in [0.3, 0.4) is 0 Å². The van der Waals surface area contributed by atoms with Gasteiger partial charge in [0.25, 0.3) is 0 Å². The fourth-order valence-electron chi connectivity index (χ4n) is 11.2. The maximum absolute atomic E-state index is 13.0. The molecule has 0 radical (unpaired) electrons. The van der Waals surface area contributed by atoms with Crippen LogP contribution in [0.1, 0.15) is 354 Å². The summed E-state index contributed by atoms with van der Waals surface area (Å²) < 4.78 is 22.9. The number of nitrogens with zero attached hydrogens (tertiary/aromatic N) is 1. The molecule has 0 bridgehead atoms. The number of carboxylic acid groups (broad SMARTS) is 1. The minimum atomic E-state index is -1.63. The van der Waals surface area contributed by atoms with Crippen molar-refractivity contribution in [3.63, 3.8) is 0 Å². The molecule has 2 unspecified atom stereocenters. The van der Waals surface area contributed by atoms with E-state index in [4.69, 9.17) is 18.9 Å². The first-order valence-electron chi connectivity index (χ1n) is 38.9. The second-order valence-corrected chi connectivity index (χ2v) is 27.3. The number of hydrogen-bond donors (Lipinski definition) is 0. The van der Waals surface area contributed by atoms with Crippen LogP contribution in [-0.2, 0) is 33.3 Å². The van der Waals surface area contributed by atoms with Gasteiger partial charge in [0, 0.05) is 12.8 Å². The summed E-state index contributed by atoms with van der Waals surface area (Å²) in [6, 6.07) is 0. The molecule has 0 aliphatic carbocycles. The normalized spacial score (nSPS) is 13.2. The topological polar surface area (TPSA) is 111 Å². The maximum Gasteiger partial charge on any atom is 0.306 e. The molecule has 0 aromatic heterocycles. The van der Waals surface area contributed by atoms with Crippen LogP contribution >= 0.6 is 0 Å². The first-order valence-corrected chi connectivity index (χ1v) is 38.9. The van der Waals surface area contributed by atoms with Crippen LogP contribution in [-0.4, -0.2) is 82.3 Å². The number of esters is 2. The Morgan fingerprint density at radius 2 is 0.620 bits per heavy atom. The van der Waals surface area contributed by atoms with Crippen molar-refractivity contribution in [2.45, 2.75) is 367 Å². The molecule has 0 spiro atoms. The smallest absolute Gasteiger partial charge is 0.306 e. The van der Waals surface area contributed by atoms with Gasteiger partial charge in [0.1, 0.15) is 13.2 Å². The van der Waals surface area contributed by atoms with Crippen molar-refractivity contribution in [3.8, 4) is 0 Å². The number of allylic oxidation sites excluding steroid dienone is 16. The van der Waals surface area contributed by atoms with Gasteiger partial charge in [-0.15, -0.1) is 0 Å². The van der Waals surface area contributed by atoms with Crippen LogP contribution in [0.15, 0.2) is 97.2 Å². The maximum atomic E-state index is 13.0. The highest BCUT2D eigenvalue weighted by atomic mass is 16.7. The standard InChI is InChI=1S/C83H147NO8/c1-6-8-10-12-14-16-18-20-22-24-26-28-30-32-34-36-38-40-41-42-44-46-48-50-52-54-56-58-60-62-64-66-68-70-72-74-81(86)92-79(78-91-83(82(87)88)89-76-75-84(3,4)5)77-90-80(85)73-71-69-67-65-63-61-59-57-55-53-51-49-47-45-43-39-37-35-33-31-29-27-25-23-21-19-17-15-13-11-9-7-2/h8,10,14,16,20,22,26,28,32,34,38,40,42,44,48,50,79,83H,6-7,9,11-13,15,17-19,21,23-25,27,29-31,33,35-37,39,41,43,45-47,49,51-78H2,1-5H3/b10-8-,16-14-,22-20-,28-26-,34-32-,40-38-,44-42-,50-48-. The number of hydrogen-bond acceptors (Lipinski definition) is 8. The molecule has 9 heteroatoms. The number of unbranched alkanes of at least 4 members (excludes halogenated alkanes) is 41. The molecule has 0 rings (SSSR count). The molecule has 0 fully saturated rings. The molecule has 0 saturated carbocycles. The lowest BCUT2D eigenvalue weighted by Crippen LogP contribution is -2.44. The van der Waals surface area contributed by atoms with E-state index in [0.717, 1.165) is 96.3 Å². The van der Waals surface area contributed by atoms with Gasteiger partial charge in [-0.1, -0.05) is 361 Å². The molecule has 92 heavy (non-hydrogen) atoms. The number of likely N-dealkylation sites (N-methyl/N-ethyl adjacent to an activating group) is 1. The molecule has 0 amide bonds. The first-order chi connectivity index (χ1) is 45.1. The van der Waals surface area contributed by atoms with Crippen molar-refractivity contribution in [1.82, 2.24) is 0 Å². The fourth-order valence-corrected chi connectivity index (χ4v) is 11.2. The largest absolute Gasteiger partial charge is 0.545 e. The van der Waals surface area contributed by atoms with Gasteiger partial charge >= 0.3 is 11.9 Å². The van der Waals surface area contributed by atoms with Gasteiger partial charge in [-0.2, -0.15) is 0 Å². The van der Waals surface area contributed by atoms with E-state index in [-0.39, 0.29) is 32.2 Å². The van der Waals surface area contributed by atoms with Crippen LogP contribution < -0.4 is 5.11 Å². The minimum Gasteiger partial charge on any atom is -0.545 e. The van der Waals surface area contributed by atoms with Gasteiger partial charge in [0.05, 0.1) is 40.3 Å². The first kappa shape index (κ1) is 88.2. The van der Waals surface area contributed by atoms with E-state index in [9.17, 15) is 19.5 Å². The van der Waals surface area contributed by atoms with E-state index in [1.165, 1.54) is 225 Å². The second-order valence-electron chi connectivity index (χ2n) is 27.3. The van der Waals surface area contributed by atoms with Gasteiger partial charge in [0.2, 0.25) is 0 Å². The zero-order valence-corrected chi connectivity index (χ0v) is 60.9. The quantitative estimate of drug-likeness (QED) is 0.0195. The Morgan fingerprint density at radius 1 is 0.337 bits per heavy atom. The number of quaternary nitrogens is 1. The lowest BCUT2D eigenvalue weighted by Gasteiger charge is -2.26. The molecule has 0 aromatic rings. The van der Waals surface area contributed by atoms with Gasteiger partial charge in [-0.05, 0) is 77.0 Å². The van der Waals surface area contributed by atoms with Crippen molar-refractivity contribution in [3.05, 3.63) is 97.2 Å². The molecule has 0 aliphatic heterocycles. The number of rotatable bonds is 72. The van der Waals surface area contributed by atoms with Crippen LogP contribution in [0.4, 0.5) is 0 Å². The predicted molar refractivity (Wildman–Crippen MR) is 394 cm³/mol. The second kappa shape index (κ2) is 73.0. The van der Waals surface area contributed by atoms with E-state index < -0.39 is 24.3 Å². The van der Waals surface area contributed by atoms with Crippen molar-refractivity contribution in [1.29, 1.82) is 0 Å². The summed E-state index contributed by atoms with van der Waals surface area (Å²) in [5, 5.41) is 11.9. The summed E-state index contributed by atoms with van der Waals surface area (Å²) in [5.74, 6) is -2.27. The average molecular weight is 1290 g/mol. The van der Waals surface area contributed by atoms with E-state index in [1.54, 1.807) is 0 Å². The number of carboxylic acids is 1. The van der Waals surface area contributed by atoms with Crippen LogP contribution in [0.25, 0.3) is 0 Å². The number of carbonyl (C=O) groups is 3. The van der Waals surface area contributed by atoms with Crippen molar-refractivity contribution in [2.75, 3.05) is 47.5 Å². The average Bonchev–Trinajstić information content (AvgIpc) is 3.70. The predicted octanol–water partition coefficient (Wildman–Crippen LogP) is 23.4. The molecular formula is C83H147NO8. The van der Waals surface area contributed by atoms with Crippen LogP contribution in [0.2, 0.25) is 0 Å². The summed E-state index contributed by atoms with van der Waals surface area (Å²) in [5.41, 5.74) is 0. The molecule has 0 N–H and O–H groups in total. The van der Waals surface area contributed by atoms with Gasteiger partial charge in [-0.25, -0.2) is 0 Å². The summed E-state index contributed by atoms with van der Waals surface area (Å²) in [6.45, 7) is 4.68. The lowest BCUT2D eigenvalue weighted by molar-refractivity contribution is -0.870. The highest BCUT2D eigenvalue weighted by molar-refractivity contribution is 5.70. The molecule has 0 heterocycles. The van der Waals surface area contributed by atoms with E-state index in [0.29, 0.717) is 23.9 Å². The Hall–Kier alpha value is -3.79. The monoisotopic (exact) mass is 1290 g/mol. The lowest BCUT2D eigenvalue weighted by atomic mass is 10.0. The number of ether oxygens (including phenoxy) is 4. The van der Waals surface area contributed by atoms with Crippen LogP contribution in [0.5, 0.6) is 0 Å². The molecule has 0 saturated heterocycles. The van der Waals surface area contributed by atoms with Gasteiger partial charge < -0.3 is 33.3 Å². The third-order valence-corrected chi connectivity index (χ3v) is 17.1. The minimum absolute atomic E-state index is 0.145. The van der Waals surface area contributed by atoms with Crippen LogP contribution in [0, 0.1) is 0 Å². The zero-order valence-electron chi connectivity index (χ0n) is 60.9. The molecule has 9 nitrogen and oxygen atoms in total. The third-order valence-electron chi connectivity index (χ3n) is 17.1. The highest BCUT2D eigenvalue weighted by Gasteiger charge is 2.22. The Morgan fingerprint density at radius 3 is 0.924 bits per heavy atom. The number of carbonyl (C=O) groups excluding carboxylic acids is 3. The fraction of sp³-hybridized carbons (Fsp3) is 0.771. The summed E-state index contributed by atoms with van der Waals surface area (Å²) in [4.78, 5) is 37.6. The molecule has 0 aliphatic rings. The third kappa shape index (κ3) is 73.6.